The lowest BCUT2D eigenvalue weighted by molar-refractivity contribution is 0.590. The molecular weight excluding hydrogens is 1110 g/mol. The molecule has 15 aromatic rings. The van der Waals surface area contributed by atoms with Crippen molar-refractivity contribution >= 4 is 167 Å². The van der Waals surface area contributed by atoms with E-state index in [4.69, 9.17) is 0 Å². The topological polar surface area (TPSA) is 16.3 Å². The maximum absolute atomic E-state index is 2.70. The van der Waals surface area contributed by atoms with Crippen molar-refractivity contribution in [2.45, 2.75) is 52.4 Å². The fourth-order valence-electron chi connectivity index (χ4n) is 16.7. The zero-order chi connectivity index (χ0) is 61.5. The molecule has 19 rings (SSSR count). The van der Waals surface area contributed by atoms with Gasteiger partial charge in [-0.25, -0.2) is 0 Å². The molecule has 0 amide bonds. The van der Waals surface area contributed by atoms with Gasteiger partial charge in [0, 0.05) is 78.1 Å². The maximum Gasteiger partial charge on any atom is 0.252 e. The summed E-state index contributed by atoms with van der Waals surface area (Å²) in [4.78, 5) is 5.26. The lowest BCUT2D eigenvalue weighted by atomic mass is 9.30. The zero-order valence-corrected chi connectivity index (χ0v) is 52.5. The summed E-state index contributed by atoms with van der Waals surface area (Å²) < 4.78 is 5.35. The number of fused-ring (bicyclic) bond motifs is 22. The molecule has 0 saturated heterocycles. The summed E-state index contributed by atoms with van der Waals surface area (Å²) in [6.07, 6.45) is 0. The van der Waals surface area contributed by atoms with Crippen molar-refractivity contribution in [1.29, 1.82) is 0 Å². The lowest BCUT2D eigenvalue weighted by Gasteiger charge is -2.45. The summed E-state index contributed by atoms with van der Waals surface area (Å²) in [5.41, 5.74) is 24.2. The maximum atomic E-state index is 2.70. The second-order valence-electron chi connectivity index (χ2n) is 27.9. The van der Waals surface area contributed by atoms with Gasteiger partial charge in [0.15, 0.2) is 0 Å². The molecule has 0 unspecified atom stereocenters. The van der Waals surface area contributed by atoms with E-state index in [0.717, 1.165) is 11.4 Å². The van der Waals surface area contributed by atoms with E-state index in [1.54, 1.807) is 0 Å². The van der Waals surface area contributed by atoms with Gasteiger partial charge in [0.2, 0.25) is 0 Å². The van der Waals surface area contributed by atoms with Crippen LogP contribution in [0.15, 0.2) is 279 Å². The van der Waals surface area contributed by atoms with Crippen LogP contribution in [0.3, 0.4) is 0 Å². The molecule has 13 aromatic carbocycles. The molecule has 4 nitrogen and oxygen atoms in total. The third-order valence-corrected chi connectivity index (χ3v) is 20.8. The van der Waals surface area contributed by atoms with Gasteiger partial charge in [-0.15, -0.1) is 0 Å². The quantitative estimate of drug-likeness (QED) is 0.160. The van der Waals surface area contributed by atoms with Crippen molar-refractivity contribution in [3.63, 3.8) is 0 Å². The van der Waals surface area contributed by atoms with Gasteiger partial charge < -0.3 is 18.9 Å². The second kappa shape index (κ2) is 19.4. The molecule has 0 bridgehead atoms. The zero-order valence-electron chi connectivity index (χ0n) is 52.5. The average Bonchev–Trinajstić information content (AvgIpc) is 0.858. The smallest absolute Gasteiger partial charge is 0.252 e. The molecule has 6 heteroatoms. The first-order valence-electron chi connectivity index (χ1n) is 32.7. The number of hydrogen-bond acceptors (Lipinski definition) is 2. The van der Waals surface area contributed by atoms with E-state index in [1.807, 2.05) is 0 Å². The van der Waals surface area contributed by atoms with Gasteiger partial charge in [0.05, 0.1) is 11.0 Å². The lowest BCUT2D eigenvalue weighted by Crippen LogP contribution is -2.64. The monoisotopic (exact) mass is 1170 g/mol. The van der Waals surface area contributed by atoms with E-state index in [1.165, 1.54) is 165 Å². The Morgan fingerprint density at radius 1 is 0.239 bits per heavy atom. The number of para-hydroxylation sites is 6. The molecule has 434 valence electrons. The SMILES string of the molecule is CC(C)(C)c1cc2c3c(c1)-n1c4ccccc4c4ccccc4c4ccccc4c4cccc(c41)B3c1cc3c(cc1N2c1ccccc1)N(c1ccccc1)c1cc(C(C)(C)C)cc2c1B3c1cccc3c4ccccc4c4ccccc4c4ccccc4n-2c13. The van der Waals surface area contributed by atoms with Gasteiger partial charge in [0.1, 0.15) is 0 Å². The Bertz CT molecular complexity index is 5530. The van der Waals surface area contributed by atoms with Crippen LogP contribution in [0, 0.1) is 0 Å². The standard InChI is InChI=1S/C86H64B2N4/c1-85(2,3)53-47-77-81-79(49-53)91-73-45-23-21-39-65(73)61-35-17-13-31-57(61)59-33-15-19-37-63(59)67-41-25-43-69(83(67)91)87(81)71-51-72-76(52-75(71)89(77)55-27-9-7-10-28-55)90(56-29-11-8-12-30-56)78-48-54(86(4,5)6)50-80-82(78)88(72)70-44-26-42-68-64-38-20-16-34-60(64)58-32-14-18-36-62(58)66-40-22-24-46-74(66)92(80)84(68)70/h7-52H,1-6H3. The predicted octanol–water partition coefficient (Wildman–Crippen LogP) is 18.6. The van der Waals surface area contributed by atoms with Gasteiger partial charge in [0.25, 0.3) is 13.4 Å². The Labute approximate surface area is 536 Å². The van der Waals surface area contributed by atoms with Gasteiger partial charge in [-0.3, -0.25) is 0 Å². The Morgan fingerprint density at radius 2 is 0.533 bits per heavy atom. The molecule has 4 aliphatic heterocycles. The van der Waals surface area contributed by atoms with Crippen molar-refractivity contribution in [3.05, 3.63) is 290 Å². The molecule has 0 atom stereocenters. The van der Waals surface area contributed by atoms with E-state index < -0.39 is 0 Å². The van der Waals surface area contributed by atoms with Gasteiger partial charge in [-0.2, -0.15) is 0 Å². The van der Waals surface area contributed by atoms with Crippen LogP contribution in [-0.4, -0.2) is 22.6 Å². The average molecular weight is 1180 g/mol. The fourth-order valence-corrected chi connectivity index (χ4v) is 16.7. The first-order chi connectivity index (χ1) is 45.0. The van der Waals surface area contributed by atoms with Crippen LogP contribution in [0.2, 0.25) is 0 Å². The van der Waals surface area contributed by atoms with Crippen LogP contribution < -0.4 is 42.6 Å². The highest BCUT2D eigenvalue weighted by molar-refractivity contribution is 7.03. The first kappa shape index (κ1) is 53.1. The van der Waals surface area contributed by atoms with E-state index in [0.29, 0.717) is 0 Å². The molecule has 6 heterocycles. The highest BCUT2D eigenvalue weighted by Gasteiger charge is 2.48. The van der Waals surface area contributed by atoms with Crippen LogP contribution in [0.1, 0.15) is 52.7 Å². The van der Waals surface area contributed by atoms with E-state index in [-0.39, 0.29) is 24.3 Å². The summed E-state index contributed by atoms with van der Waals surface area (Å²) in [5, 5.41) is 14.7. The Kier molecular flexibility index (Phi) is 11.2. The number of anilines is 6. The van der Waals surface area contributed by atoms with E-state index >= 15 is 0 Å². The van der Waals surface area contributed by atoms with E-state index in [9.17, 15) is 0 Å². The normalized spacial score (nSPS) is 13.5. The number of rotatable bonds is 2. The van der Waals surface area contributed by atoms with Crippen LogP contribution in [0.25, 0.3) is 98.1 Å². The number of benzene rings is 13. The van der Waals surface area contributed by atoms with Gasteiger partial charge >= 0.3 is 0 Å². The van der Waals surface area contributed by atoms with Gasteiger partial charge in [-0.05, 0) is 165 Å². The number of hydrogen-bond donors (Lipinski definition) is 0. The minimum Gasteiger partial charge on any atom is -0.311 e. The number of aromatic nitrogens is 2. The molecule has 0 aliphatic carbocycles. The van der Waals surface area contributed by atoms with Crippen LogP contribution in [0.4, 0.5) is 34.1 Å². The molecular formula is C86H64B2N4. The van der Waals surface area contributed by atoms with Crippen molar-refractivity contribution in [3.8, 4) is 11.4 Å². The van der Waals surface area contributed by atoms with Gasteiger partial charge in [-0.1, -0.05) is 254 Å². The fraction of sp³-hybridized carbons (Fsp3) is 0.0930. The second-order valence-corrected chi connectivity index (χ2v) is 27.9. The first-order valence-corrected chi connectivity index (χ1v) is 32.7. The minimum absolute atomic E-state index is 0.172. The van der Waals surface area contributed by atoms with Crippen LogP contribution in [-0.2, 0) is 10.8 Å². The summed E-state index contributed by atoms with van der Waals surface area (Å²) >= 11 is 0. The van der Waals surface area contributed by atoms with Crippen LogP contribution in [0.5, 0.6) is 0 Å². The van der Waals surface area contributed by atoms with Crippen molar-refractivity contribution in [1.82, 2.24) is 9.13 Å². The van der Waals surface area contributed by atoms with Crippen molar-refractivity contribution in [2.24, 2.45) is 0 Å². The summed E-state index contributed by atoms with van der Waals surface area (Å²) in [6.45, 7) is 13.9. The molecule has 92 heavy (non-hydrogen) atoms. The number of nitrogens with zero attached hydrogens (tertiary/aromatic N) is 4. The summed E-state index contributed by atoms with van der Waals surface area (Å²) in [7, 11) is 0. The molecule has 4 aliphatic rings. The molecule has 0 fully saturated rings. The summed E-state index contributed by atoms with van der Waals surface area (Å²) in [5.74, 6) is 0. The Morgan fingerprint density at radius 3 is 0.891 bits per heavy atom. The Hall–Kier alpha value is -10.8. The summed E-state index contributed by atoms with van der Waals surface area (Å²) in [6, 6.07) is 107. The third kappa shape index (κ3) is 7.43. The van der Waals surface area contributed by atoms with Crippen LogP contribution >= 0.6 is 0 Å². The molecule has 0 spiro atoms. The predicted molar refractivity (Wildman–Crippen MR) is 396 cm³/mol. The molecule has 2 aromatic heterocycles. The Balaban J connectivity index is 1.03. The highest BCUT2D eigenvalue weighted by Crippen LogP contribution is 2.48. The molecule has 0 saturated carbocycles. The highest BCUT2D eigenvalue weighted by atomic mass is 15.2. The van der Waals surface area contributed by atoms with Crippen molar-refractivity contribution in [2.75, 3.05) is 9.80 Å². The minimum atomic E-state index is -0.210. The van der Waals surface area contributed by atoms with E-state index in [2.05, 4.69) is 340 Å². The molecule has 0 radical (unpaired) electrons. The largest absolute Gasteiger partial charge is 0.311 e. The van der Waals surface area contributed by atoms with Crippen molar-refractivity contribution < 1.29 is 0 Å². The third-order valence-electron chi connectivity index (χ3n) is 20.8. The molecule has 0 N–H and O–H groups in total.